The number of nitrogens with one attached hydrogen (secondary N) is 2. The highest BCUT2D eigenvalue weighted by Gasteiger charge is 2.37. The molecule has 0 saturated heterocycles. The number of ketones is 2. The molecule has 0 unspecified atom stereocenters. The Kier molecular flexibility index (Phi) is 11.8. The monoisotopic (exact) mass is 880 g/mol. The predicted octanol–water partition coefficient (Wildman–Crippen LogP) is 7.82. The number of benzene rings is 2. The third-order valence-electron chi connectivity index (χ3n) is 13.4. The Bertz CT molecular complexity index is 2440. The molecule has 4 aliphatic carbocycles. The Morgan fingerprint density at radius 1 is 0.619 bits per heavy atom. The second kappa shape index (κ2) is 16.7. The minimum Gasteiger partial charge on any atom is -0.382 e. The number of hydrogen-bond acceptors (Lipinski definition) is 10. The Morgan fingerprint density at radius 3 is 1.33 bits per heavy atom. The van der Waals surface area contributed by atoms with Gasteiger partial charge in [0.15, 0.2) is 11.6 Å². The maximum absolute atomic E-state index is 13.2. The number of amides is 2. The van der Waals surface area contributed by atoms with Crippen molar-refractivity contribution in [2.24, 2.45) is 22.3 Å². The summed E-state index contributed by atoms with van der Waals surface area (Å²) >= 11 is 0. The maximum atomic E-state index is 13.2. The Morgan fingerprint density at radius 2 is 0.984 bits per heavy atom. The summed E-state index contributed by atoms with van der Waals surface area (Å²) in [5.41, 5.74) is 20.1. The molecular formula is C48H60N6O8S. The molecule has 4 aromatic rings. The van der Waals surface area contributed by atoms with Crippen molar-refractivity contribution < 1.29 is 36.0 Å². The lowest BCUT2D eigenvalue weighted by atomic mass is 9.75. The fraction of sp³-hybridized carbons (Fsp3) is 0.500. The molecule has 2 heterocycles. The average Bonchev–Trinajstić information content (AvgIpc) is 3.70. The van der Waals surface area contributed by atoms with Crippen molar-refractivity contribution >= 4 is 45.2 Å². The second-order valence-electron chi connectivity index (χ2n) is 19.9. The number of aromatic nitrogens is 2. The fourth-order valence-electron chi connectivity index (χ4n) is 10.5. The molecule has 6 N–H and O–H groups in total. The summed E-state index contributed by atoms with van der Waals surface area (Å²) in [5.74, 6) is -0.846. The molecule has 336 valence electrons. The average molecular weight is 881 g/mol. The number of rotatable bonds is 12. The summed E-state index contributed by atoms with van der Waals surface area (Å²) in [6.45, 7) is 12.3. The largest absolute Gasteiger partial charge is 0.400 e. The molecule has 0 radical (unpaired) electrons. The summed E-state index contributed by atoms with van der Waals surface area (Å²) in [7, 11) is -4.29. The van der Waals surface area contributed by atoms with Crippen molar-refractivity contribution in [1.82, 2.24) is 9.13 Å². The molecule has 2 aromatic heterocycles. The molecule has 14 nitrogen and oxygen atoms in total. The number of anilines is 2. The molecule has 2 aromatic carbocycles. The predicted molar refractivity (Wildman–Crippen MR) is 241 cm³/mol. The Labute approximate surface area is 369 Å². The van der Waals surface area contributed by atoms with Crippen LogP contribution in [0.1, 0.15) is 156 Å². The lowest BCUT2D eigenvalue weighted by Gasteiger charge is -2.32. The van der Waals surface area contributed by atoms with Crippen molar-refractivity contribution in [3.05, 3.63) is 93.6 Å². The van der Waals surface area contributed by atoms with Crippen LogP contribution < -0.4 is 22.1 Å². The minimum atomic E-state index is -4.29. The normalized spacial score (nSPS) is 23.1. The third kappa shape index (κ3) is 9.37. The van der Waals surface area contributed by atoms with Gasteiger partial charge in [-0.25, -0.2) is 8.37 Å². The van der Waals surface area contributed by atoms with Crippen LogP contribution in [0.4, 0.5) is 11.4 Å². The van der Waals surface area contributed by atoms with Crippen LogP contribution in [0.3, 0.4) is 0 Å². The highest BCUT2D eigenvalue weighted by Crippen LogP contribution is 2.41. The van der Waals surface area contributed by atoms with E-state index in [1.807, 2.05) is 59.6 Å². The number of Topliss-reactive ketones (excluding diaryl/α,β-unsaturated/α-hetero) is 2. The lowest BCUT2D eigenvalue weighted by molar-refractivity contribution is 0.0847. The zero-order chi connectivity index (χ0) is 45.2. The molecule has 63 heavy (non-hydrogen) atoms. The quantitative estimate of drug-likeness (QED) is 0.109. The van der Waals surface area contributed by atoms with Gasteiger partial charge in [-0.2, -0.15) is 8.42 Å². The van der Waals surface area contributed by atoms with E-state index in [2.05, 4.69) is 38.3 Å². The van der Waals surface area contributed by atoms with Gasteiger partial charge in [0.05, 0.1) is 23.3 Å². The van der Waals surface area contributed by atoms with Gasteiger partial charge in [-0.1, -0.05) is 27.7 Å². The van der Waals surface area contributed by atoms with Crippen LogP contribution in [0.2, 0.25) is 0 Å². The van der Waals surface area contributed by atoms with Crippen LogP contribution in [0, 0.1) is 24.7 Å². The highest BCUT2D eigenvalue weighted by molar-refractivity contribution is 7.81. The van der Waals surface area contributed by atoms with Crippen LogP contribution in [-0.2, 0) is 31.6 Å². The van der Waals surface area contributed by atoms with Gasteiger partial charge in [-0.3, -0.25) is 19.2 Å². The van der Waals surface area contributed by atoms with Gasteiger partial charge in [0.2, 0.25) is 0 Å². The van der Waals surface area contributed by atoms with Crippen molar-refractivity contribution in [1.29, 1.82) is 0 Å². The van der Waals surface area contributed by atoms with Crippen molar-refractivity contribution in [3.8, 4) is 11.4 Å². The maximum Gasteiger partial charge on any atom is 0.400 e. The molecule has 0 aliphatic heterocycles. The first-order valence-electron chi connectivity index (χ1n) is 22.2. The number of carbonyl (C=O) groups is 4. The van der Waals surface area contributed by atoms with E-state index >= 15 is 0 Å². The number of nitrogens with zero attached hydrogens (tertiary/aromatic N) is 2. The summed E-state index contributed by atoms with van der Waals surface area (Å²) in [4.78, 5) is 51.2. The number of fused-ring (bicyclic) bond motifs is 2. The van der Waals surface area contributed by atoms with Crippen molar-refractivity contribution in [2.75, 3.05) is 10.6 Å². The number of carbonyl (C=O) groups excluding carboxylic acids is 4. The highest BCUT2D eigenvalue weighted by atomic mass is 32.3. The van der Waals surface area contributed by atoms with Crippen LogP contribution in [-0.4, -0.2) is 65.2 Å². The van der Waals surface area contributed by atoms with E-state index in [4.69, 9.17) is 19.8 Å². The van der Waals surface area contributed by atoms with Gasteiger partial charge in [0.1, 0.15) is 0 Å². The Hall–Kier alpha value is -5.25. The fourth-order valence-corrected chi connectivity index (χ4v) is 11.5. The molecule has 2 saturated carbocycles. The number of primary amides is 2. The van der Waals surface area contributed by atoms with Crippen molar-refractivity contribution in [2.45, 2.75) is 143 Å². The standard InChI is InChI=1S/C48H60N6O8S/c1-27-25-53(39-21-47(3,4)23-41(55)43(27)39)31-11-17-35(45(49)57)37(19-31)51-29-7-13-33(14-8-29)61-63(59,60)62-34-15-9-30(10-16-34)52-38-20-32(12-18-36(38)46(50)58)54-26-28(2)44-40(54)22-48(5,6)24-42(44)56/h11-12,17-20,25-26,29-30,33-34,51-52H,7-10,13-16,21-24H2,1-6H3,(H2,49,57)(H2,50,58)/t29-,30-,33-,34-. The van der Waals surface area contributed by atoms with E-state index in [0.29, 0.717) is 86.7 Å². The number of hydrogen-bond donors (Lipinski definition) is 4. The summed E-state index contributed by atoms with van der Waals surface area (Å²) in [5, 5.41) is 7.00. The summed E-state index contributed by atoms with van der Waals surface area (Å²) in [6.07, 6.45) is 9.56. The van der Waals surface area contributed by atoms with Gasteiger partial charge >= 0.3 is 10.4 Å². The van der Waals surface area contributed by atoms with Crippen LogP contribution in [0.5, 0.6) is 0 Å². The van der Waals surface area contributed by atoms with Gasteiger partial charge < -0.3 is 31.2 Å². The molecule has 4 aliphatic rings. The first-order chi connectivity index (χ1) is 29.7. The molecular weight excluding hydrogens is 821 g/mol. The minimum absolute atomic E-state index is 0.0599. The second-order valence-corrected chi connectivity index (χ2v) is 21.1. The Balaban J connectivity index is 0.859. The van der Waals surface area contributed by atoms with Gasteiger partial charge in [0, 0.05) is 82.6 Å². The molecule has 15 heteroatoms. The molecule has 2 fully saturated rings. The topological polar surface area (TPSA) is 207 Å². The number of aryl methyl sites for hydroxylation is 2. The lowest BCUT2D eigenvalue weighted by Crippen LogP contribution is -2.35. The molecule has 0 bridgehead atoms. The van der Waals surface area contributed by atoms with Crippen molar-refractivity contribution in [3.63, 3.8) is 0 Å². The third-order valence-corrected chi connectivity index (χ3v) is 14.4. The van der Waals surface area contributed by atoms with Gasteiger partial charge in [-0.05, 0) is 136 Å². The summed E-state index contributed by atoms with van der Waals surface area (Å²) in [6, 6.07) is 10.8. The van der Waals surface area contributed by atoms with Crippen LogP contribution in [0.15, 0.2) is 48.8 Å². The van der Waals surface area contributed by atoms with E-state index in [9.17, 15) is 27.6 Å². The van der Waals surface area contributed by atoms with E-state index in [1.54, 1.807) is 12.1 Å². The first-order valence-corrected chi connectivity index (χ1v) is 23.5. The van der Waals surface area contributed by atoms with E-state index in [0.717, 1.165) is 57.9 Å². The van der Waals surface area contributed by atoms with E-state index in [1.165, 1.54) is 0 Å². The van der Waals surface area contributed by atoms with Crippen LogP contribution >= 0.6 is 0 Å². The van der Waals surface area contributed by atoms with E-state index in [-0.39, 0.29) is 34.5 Å². The molecule has 0 spiro atoms. The zero-order valence-corrected chi connectivity index (χ0v) is 38.0. The zero-order valence-electron chi connectivity index (χ0n) is 37.1. The van der Waals surface area contributed by atoms with Gasteiger partial charge in [0.25, 0.3) is 11.8 Å². The first kappa shape index (κ1) is 44.4. The molecule has 0 atom stereocenters. The summed E-state index contributed by atoms with van der Waals surface area (Å²) < 4.78 is 41.7. The smallest absolute Gasteiger partial charge is 0.382 e. The number of nitrogens with two attached hydrogens (primary N) is 2. The van der Waals surface area contributed by atoms with E-state index < -0.39 is 34.4 Å². The molecule has 2 amide bonds. The molecule has 8 rings (SSSR count). The van der Waals surface area contributed by atoms with Gasteiger partial charge in [-0.15, -0.1) is 0 Å². The SMILES string of the molecule is Cc1cn(-c2ccc(C(N)=O)c(N[C@H]3CC[C@H](OS(=O)(=O)O[C@H]4CC[C@H](Nc5cc(-n6cc(C)c7c6CC(C)(C)CC7=O)ccc5C(N)=O)CC4)CC3)c2)c2c1C(=O)CC(C)(C)C2. The van der Waals surface area contributed by atoms with Crippen LogP contribution in [0.25, 0.3) is 11.4 Å².